The summed E-state index contributed by atoms with van der Waals surface area (Å²) in [6, 6.07) is 15.2. The van der Waals surface area contributed by atoms with Gasteiger partial charge in [0.1, 0.15) is 14.3 Å². The van der Waals surface area contributed by atoms with Gasteiger partial charge >= 0.3 is 23.3 Å². The summed E-state index contributed by atoms with van der Waals surface area (Å²) < 4.78 is 74.5. The first-order valence-electron chi connectivity index (χ1n) is 18.5. The standard InChI is InChI=1S/C20H24FN2O7P.C20H22FN2O7P/c2*1-29-18(26)19(31(2,3)28)30-12-8-7-11-22-13-15(21)17(25)23(20(22)27)16(24)14-9-5-4-6-10-14/h4-6,9-10,13,19H,7-8,11-12H2,1-3H3;4-10,13,19H,11-12H2,1-3H3/b;8-7-. The van der Waals surface area contributed by atoms with Crippen LogP contribution in [0.2, 0.25) is 0 Å². The van der Waals surface area contributed by atoms with Crippen molar-refractivity contribution < 1.29 is 56.0 Å². The molecule has 18 nitrogen and oxygen atoms in total. The Morgan fingerprint density at radius 2 is 1.05 bits per heavy atom. The lowest BCUT2D eigenvalue weighted by molar-refractivity contribution is -0.149. The highest BCUT2D eigenvalue weighted by Gasteiger charge is 2.33. The van der Waals surface area contributed by atoms with Crippen LogP contribution in [0.25, 0.3) is 0 Å². The summed E-state index contributed by atoms with van der Waals surface area (Å²) in [5, 5.41) is 0. The molecule has 62 heavy (non-hydrogen) atoms. The van der Waals surface area contributed by atoms with Crippen LogP contribution in [0.3, 0.4) is 0 Å². The molecule has 0 saturated heterocycles. The molecule has 0 radical (unpaired) electrons. The van der Waals surface area contributed by atoms with Crippen molar-refractivity contribution in [1.29, 1.82) is 0 Å². The fraction of sp³-hybridized carbons (Fsp3) is 0.350. The topological polar surface area (TPSA) is 227 Å². The van der Waals surface area contributed by atoms with E-state index in [-0.39, 0.29) is 46.6 Å². The largest absolute Gasteiger partial charge is 0.467 e. The van der Waals surface area contributed by atoms with Gasteiger partial charge in [-0.15, -0.1) is 0 Å². The van der Waals surface area contributed by atoms with Gasteiger partial charge in [0.2, 0.25) is 23.3 Å². The number of rotatable bonds is 17. The van der Waals surface area contributed by atoms with Gasteiger partial charge in [-0.1, -0.05) is 48.6 Å². The van der Waals surface area contributed by atoms with Crippen molar-refractivity contribution in [3.63, 3.8) is 0 Å². The zero-order valence-corrected chi connectivity index (χ0v) is 36.4. The second-order valence-electron chi connectivity index (χ2n) is 14.0. The number of nitrogens with zero attached hydrogens (tertiary/aromatic N) is 4. The molecule has 334 valence electrons. The van der Waals surface area contributed by atoms with Crippen LogP contribution in [-0.2, 0) is 50.8 Å². The van der Waals surface area contributed by atoms with Crippen molar-refractivity contribution in [3.05, 3.63) is 150 Å². The molecule has 0 aliphatic heterocycles. The second-order valence-corrected chi connectivity index (χ2v) is 20.7. The summed E-state index contributed by atoms with van der Waals surface area (Å²) in [7, 11) is -3.51. The maximum atomic E-state index is 14.1. The third kappa shape index (κ3) is 13.5. The fourth-order valence-corrected chi connectivity index (χ4v) is 7.53. The van der Waals surface area contributed by atoms with Crippen molar-refractivity contribution in [3.8, 4) is 0 Å². The molecular formula is C40H46F2N4O14P2. The summed E-state index contributed by atoms with van der Waals surface area (Å²) in [5.74, 6) is -8.31. The number of esters is 2. The van der Waals surface area contributed by atoms with Crippen molar-refractivity contribution in [2.24, 2.45) is 0 Å². The number of carbonyl (C=O) groups is 4. The lowest BCUT2D eigenvalue weighted by Crippen LogP contribution is -2.45. The molecule has 0 aliphatic rings. The number of aryl methyl sites for hydroxylation is 1. The van der Waals surface area contributed by atoms with Crippen molar-refractivity contribution in [2.45, 2.75) is 37.6 Å². The van der Waals surface area contributed by atoms with Crippen LogP contribution in [-0.4, -0.2) is 108 Å². The van der Waals surface area contributed by atoms with E-state index in [1.165, 1.54) is 70.2 Å². The van der Waals surface area contributed by atoms with E-state index in [9.17, 15) is 56.3 Å². The maximum Gasteiger partial charge on any atom is 0.342 e. The summed E-state index contributed by atoms with van der Waals surface area (Å²) >= 11 is 0. The van der Waals surface area contributed by atoms with Crippen molar-refractivity contribution >= 4 is 38.0 Å². The highest BCUT2D eigenvalue weighted by molar-refractivity contribution is 7.64. The molecule has 0 bridgehead atoms. The SMILES string of the molecule is COC(=O)C(OC/C=C\Cn1cc(F)c(=O)n(C(=O)c2ccccc2)c1=O)P(C)(C)=O.COC(=O)C(OCCCCn1cc(F)c(=O)n(C(=O)c2ccccc2)c1=O)P(C)(C)=O. The Bertz CT molecular complexity index is 2610. The number of halogens is 2. The van der Waals surface area contributed by atoms with E-state index < -0.39 is 83.9 Å². The summed E-state index contributed by atoms with van der Waals surface area (Å²) in [5.41, 5.74) is -4.50. The van der Waals surface area contributed by atoms with Gasteiger partial charge in [-0.25, -0.2) is 19.2 Å². The third-order valence-electron chi connectivity index (χ3n) is 8.50. The Morgan fingerprint density at radius 3 is 1.48 bits per heavy atom. The van der Waals surface area contributed by atoms with Crippen LogP contribution in [0.4, 0.5) is 8.78 Å². The van der Waals surface area contributed by atoms with E-state index in [0.29, 0.717) is 19.0 Å². The molecular weight excluding hydrogens is 860 g/mol. The first-order chi connectivity index (χ1) is 29.1. The van der Waals surface area contributed by atoms with Gasteiger partial charge in [-0.3, -0.25) is 28.3 Å². The highest BCUT2D eigenvalue weighted by Crippen LogP contribution is 2.44. The molecule has 4 aromatic rings. The van der Waals surface area contributed by atoms with Crippen molar-refractivity contribution in [1.82, 2.24) is 18.3 Å². The van der Waals surface area contributed by atoms with Gasteiger partial charge in [0, 0.05) is 30.8 Å². The molecule has 0 N–H and O–H groups in total. The van der Waals surface area contributed by atoms with Crippen LogP contribution in [0.5, 0.6) is 0 Å². The van der Waals surface area contributed by atoms with Gasteiger partial charge in [0.05, 0.1) is 33.2 Å². The molecule has 4 rings (SSSR count). The van der Waals surface area contributed by atoms with Gasteiger partial charge in [-0.05, 0) is 63.8 Å². The van der Waals surface area contributed by atoms with Crippen molar-refractivity contribution in [2.75, 3.05) is 54.1 Å². The smallest absolute Gasteiger partial charge is 0.342 e. The molecule has 0 saturated carbocycles. The molecule has 2 atom stereocenters. The minimum Gasteiger partial charge on any atom is -0.467 e. The van der Waals surface area contributed by atoms with Crippen LogP contribution in [0.15, 0.2) is 104 Å². The predicted octanol–water partition coefficient (Wildman–Crippen LogP) is 3.29. The van der Waals surface area contributed by atoms with Crippen LogP contribution in [0.1, 0.15) is 33.6 Å². The van der Waals surface area contributed by atoms with Gasteiger partial charge in [0.25, 0.3) is 22.9 Å². The fourth-order valence-electron chi connectivity index (χ4n) is 5.39. The van der Waals surface area contributed by atoms with E-state index >= 15 is 0 Å². The number of aromatic nitrogens is 4. The minimum atomic E-state index is -2.93. The number of carbonyl (C=O) groups excluding carboxylic acids is 4. The summed E-state index contributed by atoms with van der Waals surface area (Å²) in [6.45, 7) is 5.31. The average Bonchev–Trinajstić information content (AvgIpc) is 3.23. The Balaban J connectivity index is 0.000000330. The average molecular weight is 907 g/mol. The van der Waals surface area contributed by atoms with E-state index in [0.717, 1.165) is 22.4 Å². The number of unbranched alkanes of at least 4 members (excludes halogenated alkanes) is 1. The van der Waals surface area contributed by atoms with E-state index in [1.807, 2.05) is 0 Å². The molecule has 0 spiro atoms. The zero-order chi connectivity index (χ0) is 46.4. The summed E-state index contributed by atoms with van der Waals surface area (Å²) in [4.78, 5) is 97.7. The minimum absolute atomic E-state index is 0.000263. The second kappa shape index (κ2) is 22.8. The molecule has 2 aromatic heterocycles. The Labute approximate surface area is 353 Å². The third-order valence-corrected chi connectivity index (χ3v) is 11.5. The highest BCUT2D eigenvalue weighted by atomic mass is 31.2. The van der Waals surface area contributed by atoms with Gasteiger partial charge in [-0.2, -0.15) is 17.9 Å². The normalized spacial score (nSPS) is 12.5. The number of allylic oxidation sites excluding steroid dienone is 1. The summed E-state index contributed by atoms with van der Waals surface area (Å²) in [6.07, 6.45) is 4.94. The molecule has 0 amide bonds. The maximum absolute atomic E-state index is 14.1. The first kappa shape index (κ1) is 50.4. The molecule has 0 fully saturated rings. The Morgan fingerprint density at radius 1 is 0.629 bits per heavy atom. The molecule has 2 heterocycles. The van der Waals surface area contributed by atoms with E-state index in [1.54, 1.807) is 36.4 Å². The molecule has 2 unspecified atom stereocenters. The Hall–Kier alpha value is -5.94. The molecule has 22 heteroatoms. The van der Waals surface area contributed by atoms with Gasteiger partial charge in [0.15, 0.2) is 0 Å². The lowest BCUT2D eigenvalue weighted by Gasteiger charge is -2.19. The molecule has 2 aromatic carbocycles. The number of ether oxygens (including phenoxy) is 4. The number of hydrogen-bond donors (Lipinski definition) is 0. The molecule has 0 aliphatic carbocycles. The monoisotopic (exact) mass is 906 g/mol. The van der Waals surface area contributed by atoms with Gasteiger partial charge < -0.3 is 28.1 Å². The number of benzene rings is 2. The first-order valence-corrected chi connectivity index (χ1v) is 23.9. The zero-order valence-electron chi connectivity index (χ0n) is 34.6. The van der Waals surface area contributed by atoms with E-state index in [2.05, 4.69) is 9.47 Å². The van der Waals surface area contributed by atoms with Crippen LogP contribution >= 0.6 is 14.3 Å². The number of methoxy groups -OCH3 is 2. The lowest BCUT2D eigenvalue weighted by atomic mass is 10.2. The Kier molecular flexibility index (Phi) is 18.5. The quantitative estimate of drug-likeness (QED) is 0.0642. The van der Waals surface area contributed by atoms with Crippen LogP contribution < -0.4 is 22.5 Å². The predicted molar refractivity (Wildman–Crippen MR) is 223 cm³/mol. The number of hydrogen-bond acceptors (Lipinski definition) is 14. The van der Waals surface area contributed by atoms with E-state index in [4.69, 9.17) is 9.47 Å². The van der Waals surface area contributed by atoms with Crippen LogP contribution in [0, 0.1) is 11.6 Å².